The molecule has 98 valence electrons. The van der Waals surface area contributed by atoms with Crippen LogP contribution >= 0.6 is 23.2 Å². The molecule has 0 unspecified atom stereocenters. The lowest BCUT2D eigenvalue weighted by Crippen LogP contribution is -2.14. The Labute approximate surface area is 121 Å². The van der Waals surface area contributed by atoms with Crippen LogP contribution in [0.15, 0.2) is 36.4 Å². The van der Waals surface area contributed by atoms with Crippen molar-refractivity contribution < 1.29 is 4.79 Å². The summed E-state index contributed by atoms with van der Waals surface area (Å²) in [4.78, 5) is 16.0. The van der Waals surface area contributed by atoms with Crippen molar-refractivity contribution in [1.29, 1.82) is 0 Å². The maximum absolute atomic E-state index is 12.1. The van der Waals surface area contributed by atoms with E-state index in [4.69, 9.17) is 23.2 Å². The highest BCUT2D eigenvalue weighted by Crippen LogP contribution is 2.19. The van der Waals surface area contributed by atoms with Gasteiger partial charge in [-0.2, -0.15) is 0 Å². The molecule has 1 aromatic carbocycles. The first-order valence-corrected chi connectivity index (χ1v) is 6.58. The van der Waals surface area contributed by atoms with E-state index >= 15 is 0 Å². The van der Waals surface area contributed by atoms with Crippen molar-refractivity contribution in [2.45, 2.75) is 13.3 Å². The Balaban J connectivity index is 2.23. The monoisotopic (exact) mass is 294 g/mol. The zero-order valence-corrected chi connectivity index (χ0v) is 11.8. The maximum Gasteiger partial charge on any atom is 0.275 e. The van der Waals surface area contributed by atoms with E-state index in [0.29, 0.717) is 5.69 Å². The van der Waals surface area contributed by atoms with E-state index in [1.807, 2.05) is 24.3 Å². The minimum atomic E-state index is -0.374. The molecule has 1 N–H and O–H groups in total. The van der Waals surface area contributed by atoms with Crippen LogP contribution in [0.2, 0.25) is 10.2 Å². The molecule has 19 heavy (non-hydrogen) atoms. The highest BCUT2D eigenvalue weighted by atomic mass is 35.5. The second-order valence-corrected chi connectivity index (χ2v) is 4.77. The Morgan fingerprint density at radius 2 is 2.05 bits per heavy atom. The molecule has 1 amide bonds. The summed E-state index contributed by atoms with van der Waals surface area (Å²) in [6, 6.07) is 10.7. The molecule has 0 aliphatic rings. The first-order chi connectivity index (χ1) is 9.10. The molecule has 0 atom stereocenters. The number of halogens is 2. The third kappa shape index (κ3) is 3.46. The maximum atomic E-state index is 12.1. The van der Waals surface area contributed by atoms with Crippen molar-refractivity contribution in [3.8, 4) is 0 Å². The number of carbonyl (C=O) groups excluding carboxylic acids is 1. The number of hydrogen-bond donors (Lipinski definition) is 1. The SMILES string of the molecule is CCc1cccc(NC(=O)c2nc(Cl)ccc2Cl)c1. The van der Waals surface area contributed by atoms with Crippen molar-refractivity contribution in [2.75, 3.05) is 5.32 Å². The summed E-state index contributed by atoms with van der Waals surface area (Å²) in [5, 5.41) is 3.26. The summed E-state index contributed by atoms with van der Waals surface area (Å²) >= 11 is 11.7. The zero-order chi connectivity index (χ0) is 13.8. The number of rotatable bonds is 3. The molecule has 0 saturated heterocycles. The third-order valence-electron chi connectivity index (χ3n) is 2.62. The zero-order valence-electron chi connectivity index (χ0n) is 10.3. The molecule has 0 bridgehead atoms. The van der Waals surface area contributed by atoms with Gasteiger partial charge in [0.15, 0.2) is 0 Å². The van der Waals surface area contributed by atoms with Gasteiger partial charge in [-0.15, -0.1) is 0 Å². The molecule has 1 heterocycles. The Morgan fingerprint density at radius 3 is 2.79 bits per heavy atom. The van der Waals surface area contributed by atoms with Crippen LogP contribution in [-0.4, -0.2) is 10.9 Å². The lowest BCUT2D eigenvalue weighted by Gasteiger charge is -2.07. The van der Waals surface area contributed by atoms with Gasteiger partial charge < -0.3 is 5.32 Å². The molecule has 1 aromatic heterocycles. The average Bonchev–Trinajstić information content (AvgIpc) is 2.41. The fourth-order valence-electron chi connectivity index (χ4n) is 1.64. The van der Waals surface area contributed by atoms with Crippen LogP contribution in [0.25, 0.3) is 0 Å². The third-order valence-corrected chi connectivity index (χ3v) is 3.14. The molecule has 0 radical (unpaired) electrons. The van der Waals surface area contributed by atoms with Gasteiger partial charge in [0.25, 0.3) is 5.91 Å². The number of anilines is 1. The number of aromatic nitrogens is 1. The topological polar surface area (TPSA) is 42.0 Å². The van der Waals surface area contributed by atoms with E-state index in [9.17, 15) is 4.79 Å². The molecule has 5 heteroatoms. The van der Waals surface area contributed by atoms with E-state index in [2.05, 4.69) is 17.2 Å². The molecule has 0 fully saturated rings. The summed E-state index contributed by atoms with van der Waals surface area (Å²) < 4.78 is 0. The molecular formula is C14H12Cl2N2O. The number of nitrogens with one attached hydrogen (secondary N) is 1. The number of amides is 1. The van der Waals surface area contributed by atoms with Crippen LogP contribution in [0.4, 0.5) is 5.69 Å². The van der Waals surface area contributed by atoms with E-state index in [-0.39, 0.29) is 21.8 Å². The lowest BCUT2D eigenvalue weighted by atomic mass is 10.1. The first kappa shape index (κ1) is 13.8. The average molecular weight is 295 g/mol. The van der Waals surface area contributed by atoms with Crippen LogP contribution in [-0.2, 0) is 6.42 Å². The molecular weight excluding hydrogens is 283 g/mol. The van der Waals surface area contributed by atoms with Gasteiger partial charge in [0.2, 0.25) is 0 Å². The van der Waals surface area contributed by atoms with Crippen LogP contribution in [0.3, 0.4) is 0 Å². The van der Waals surface area contributed by atoms with Crippen LogP contribution in [0.1, 0.15) is 23.0 Å². The number of nitrogens with zero attached hydrogens (tertiary/aromatic N) is 1. The Morgan fingerprint density at radius 1 is 1.26 bits per heavy atom. The molecule has 0 saturated carbocycles. The Hall–Kier alpha value is -1.58. The number of pyridine rings is 1. The minimum Gasteiger partial charge on any atom is -0.321 e. The van der Waals surface area contributed by atoms with Gasteiger partial charge in [-0.05, 0) is 36.2 Å². The minimum absolute atomic E-state index is 0.121. The summed E-state index contributed by atoms with van der Waals surface area (Å²) in [5.74, 6) is -0.374. The number of hydrogen-bond acceptors (Lipinski definition) is 2. The van der Waals surface area contributed by atoms with Gasteiger partial charge in [-0.3, -0.25) is 4.79 Å². The van der Waals surface area contributed by atoms with Gasteiger partial charge in [0, 0.05) is 5.69 Å². The smallest absolute Gasteiger partial charge is 0.275 e. The fourth-order valence-corrected chi connectivity index (χ4v) is 1.98. The van der Waals surface area contributed by atoms with Crippen molar-refractivity contribution in [1.82, 2.24) is 4.98 Å². The Kier molecular flexibility index (Phi) is 4.40. The fraction of sp³-hybridized carbons (Fsp3) is 0.143. The molecule has 3 nitrogen and oxygen atoms in total. The van der Waals surface area contributed by atoms with E-state index in [1.165, 1.54) is 0 Å². The highest BCUT2D eigenvalue weighted by Gasteiger charge is 2.13. The van der Waals surface area contributed by atoms with Gasteiger partial charge in [0.1, 0.15) is 10.8 Å². The van der Waals surface area contributed by atoms with E-state index in [0.717, 1.165) is 12.0 Å². The molecule has 0 aliphatic carbocycles. The standard InChI is InChI=1S/C14H12Cl2N2O/c1-2-9-4-3-5-10(8-9)17-14(19)13-11(15)6-7-12(16)18-13/h3-8H,2H2,1H3,(H,17,19). The predicted molar refractivity (Wildman–Crippen MR) is 78.0 cm³/mol. The van der Waals surface area contributed by atoms with Crippen LogP contribution < -0.4 is 5.32 Å². The second kappa shape index (κ2) is 6.04. The normalized spacial score (nSPS) is 10.3. The number of carbonyl (C=O) groups is 1. The number of benzene rings is 1. The first-order valence-electron chi connectivity index (χ1n) is 5.82. The van der Waals surface area contributed by atoms with Gasteiger partial charge in [-0.1, -0.05) is 42.3 Å². The van der Waals surface area contributed by atoms with Crippen molar-refractivity contribution in [2.24, 2.45) is 0 Å². The summed E-state index contributed by atoms with van der Waals surface area (Å²) in [6.45, 7) is 2.05. The van der Waals surface area contributed by atoms with E-state index < -0.39 is 0 Å². The molecule has 0 aliphatic heterocycles. The van der Waals surface area contributed by atoms with Crippen LogP contribution in [0, 0.1) is 0 Å². The summed E-state index contributed by atoms with van der Waals surface area (Å²) in [5.41, 5.74) is 1.97. The molecule has 2 rings (SSSR count). The summed E-state index contributed by atoms with van der Waals surface area (Å²) in [6.07, 6.45) is 0.903. The largest absolute Gasteiger partial charge is 0.321 e. The van der Waals surface area contributed by atoms with Gasteiger partial charge in [0.05, 0.1) is 5.02 Å². The van der Waals surface area contributed by atoms with Crippen LogP contribution in [0.5, 0.6) is 0 Å². The molecule has 2 aromatic rings. The van der Waals surface area contributed by atoms with E-state index in [1.54, 1.807) is 12.1 Å². The predicted octanol–water partition coefficient (Wildman–Crippen LogP) is 4.20. The van der Waals surface area contributed by atoms with Crippen molar-refractivity contribution in [3.05, 3.63) is 57.8 Å². The van der Waals surface area contributed by atoms with Gasteiger partial charge >= 0.3 is 0 Å². The molecule has 0 spiro atoms. The lowest BCUT2D eigenvalue weighted by molar-refractivity contribution is 0.102. The highest BCUT2D eigenvalue weighted by molar-refractivity contribution is 6.35. The summed E-state index contributed by atoms with van der Waals surface area (Å²) in [7, 11) is 0. The van der Waals surface area contributed by atoms with Crippen molar-refractivity contribution >= 4 is 34.8 Å². The second-order valence-electron chi connectivity index (χ2n) is 3.97. The van der Waals surface area contributed by atoms with Gasteiger partial charge in [-0.25, -0.2) is 4.98 Å². The van der Waals surface area contributed by atoms with Crippen molar-refractivity contribution in [3.63, 3.8) is 0 Å². The Bertz CT molecular complexity index is 614. The quantitative estimate of drug-likeness (QED) is 0.862. The number of aryl methyl sites for hydroxylation is 1.